The minimum absolute atomic E-state index is 0.0449. The lowest BCUT2D eigenvalue weighted by atomic mass is 10.1. The molecule has 0 radical (unpaired) electrons. The van der Waals surface area contributed by atoms with E-state index in [0.717, 1.165) is 29.4 Å². The molecule has 1 heterocycles. The molecule has 0 amide bonds. The van der Waals surface area contributed by atoms with Crippen LogP contribution >= 0.6 is 23.4 Å². The van der Waals surface area contributed by atoms with Gasteiger partial charge in [-0.05, 0) is 24.6 Å². The number of anilines is 1. The summed E-state index contributed by atoms with van der Waals surface area (Å²) >= 11 is 8.31. The fourth-order valence-corrected chi connectivity index (χ4v) is 3.08. The lowest BCUT2D eigenvalue weighted by molar-refractivity contribution is 0.815. The van der Waals surface area contributed by atoms with Gasteiger partial charge in [-0.25, -0.2) is 0 Å². The Bertz CT molecular complexity index is 362. The van der Waals surface area contributed by atoms with Crippen LogP contribution in [0, 0.1) is 0 Å². The fraction of sp³-hybridized carbons (Fsp3) is 0.500. The van der Waals surface area contributed by atoms with Crippen LogP contribution in [0.4, 0.5) is 5.69 Å². The predicted molar refractivity (Wildman–Crippen MR) is 73.6 cm³/mol. The molecular weight excluding hydrogens is 240 g/mol. The monoisotopic (exact) mass is 256 g/mol. The van der Waals surface area contributed by atoms with Crippen molar-refractivity contribution in [1.29, 1.82) is 0 Å². The number of nitrogens with zero attached hydrogens (tertiary/aromatic N) is 1. The smallest absolute Gasteiger partial charge is 0.0642 e. The van der Waals surface area contributed by atoms with Gasteiger partial charge in [-0.2, -0.15) is 11.8 Å². The number of rotatable bonds is 2. The second-order valence-electron chi connectivity index (χ2n) is 4.10. The third-order valence-corrected chi connectivity index (χ3v) is 4.09. The van der Waals surface area contributed by atoms with E-state index in [0.29, 0.717) is 0 Å². The van der Waals surface area contributed by atoms with Crippen LogP contribution in [-0.4, -0.2) is 24.6 Å². The average Bonchev–Trinajstić information content (AvgIpc) is 2.30. The molecule has 0 aliphatic carbocycles. The van der Waals surface area contributed by atoms with Crippen LogP contribution in [0.25, 0.3) is 0 Å². The van der Waals surface area contributed by atoms with Crippen LogP contribution in [0.5, 0.6) is 0 Å². The molecule has 0 bridgehead atoms. The summed E-state index contributed by atoms with van der Waals surface area (Å²) in [4.78, 5) is 2.35. The van der Waals surface area contributed by atoms with E-state index in [9.17, 15) is 0 Å². The highest BCUT2D eigenvalue weighted by Gasteiger charge is 2.14. The molecule has 0 unspecified atom stereocenters. The number of halogens is 1. The Morgan fingerprint density at radius 3 is 2.62 bits per heavy atom. The van der Waals surface area contributed by atoms with Crippen molar-refractivity contribution >= 4 is 29.1 Å². The molecule has 1 aromatic rings. The Balaban J connectivity index is 2.21. The molecule has 1 aliphatic rings. The van der Waals surface area contributed by atoms with Crippen molar-refractivity contribution in [2.45, 2.75) is 13.0 Å². The van der Waals surface area contributed by atoms with Gasteiger partial charge >= 0.3 is 0 Å². The number of hydrogen-bond acceptors (Lipinski definition) is 3. The standard InChI is InChI=1S/C12H17ClN2S/c1-9(14)10-2-3-12(11(13)8-10)15-4-6-16-7-5-15/h2-3,8-9H,4-7,14H2,1H3/t9-/m1/s1. The quantitative estimate of drug-likeness (QED) is 0.882. The topological polar surface area (TPSA) is 29.3 Å². The maximum absolute atomic E-state index is 6.30. The number of hydrogen-bond donors (Lipinski definition) is 1. The minimum Gasteiger partial charge on any atom is -0.369 e. The van der Waals surface area contributed by atoms with Crippen molar-refractivity contribution in [1.82, 2.24) is 0 Å². The molecule has 88 valence electrons. The summed E-state index contributed by atoms with van der Waals surface area (Å²) in [6.07, 6.45) is 0. The largest absolute Gasteiger partial charge is 0.369 e. The number of thioether (sulfide) groups is 1. The van der Waals surface area contributed by atoms with Crippen LogP contribution in [-0.2, 0) is 0 Å². The van der Waals surface area contributed by atoms with Crippen LogP contribution in [0.1, 0.15) is 18.5 Å². The van der Waals surface area contributed by atoms with Gasteiger partial charge in [0.2, 0.25) is 0 Å². The lowest BCUT2D eigenvalue weighted by Gasteiger charge is -2.29. The summed E-state index contributed by atoms with van der Waals surface area (Å²) in [5, 5.41) is 0.821. The van der Waals surface area contributed by atoms with Crippen LogP contribution in [0.2, 0.25) is 5.02 Å². The minimum atomic E-state index is 0.0449. The highest BCUT2D eigenvalue weighted by molar-refractivity contribution is 7.99. The van der Waals surface area contributed by atoms with Crippen LogP contribution < -0.4 is 10.6 Å². The Kier molecular flexibility index (Phi) is 4.00. The average molecular weight is 257 g/mol. The number of benzene rings is 1. The molecule has 2 nitrogen and oxygen atoms in total. The van der Waals surface area contributed by atoms with E-state index in [2.05, 4.69) is 17.0 Å². The molecule has 0 saturated carbocycles. The van der Waals surface area contributed by atoms with Crippen LogP contribution in [0.15, 0.2) is 18.2 Å². The highest BCUT2D eigenvalue weighted by atomic mass is 35.5. The first kappa shape index (κ1) is 12.1. The molecule has 1 fully saturated rings. The predicted octanol–water partition coefficient (Wildman–Crippen LogP) is 2.91. The summed E-state index contributed by atoms with van der Waals surface area (Å²) < 4.78 is 0. The molecule has 1 saturated heterocycles. The van der Waals surface area contributed by atoms with E-state index >= 15 is 0 Å². The van der Waals surface area contributed by atoms with E-state index in [1.807, 2.05) is 24.8 Å². The highest BCUT2D eigenvalue weighted by Crippen LogP contribution is 2.30. The van der Waals surface area contributed by atoms with E-state index in [1.165, 1.54) is 11.5 Å². The Labute approximate surface area is 106 Å². The first-order valence-electron chi connectivity index (χ1n) is 5.56. The zero-order valence-corrected chi connectivity index (χ0v) is 11.0. The Morgan fingerprint density at radius 1 is 1.38 bits per heavy atom. The molecular formula is C12H17ClN2S. The van der Waals surface area contributed by atoms with Gasteiger partial charge < -0.3 is 10.6 Å². The molecule has 1 atom stereocenters. The maximum Gasteiger partial charge on any atom is 0.0642 e. The Hall–Kier alpha value is -0.380. The van der Waals surface area contributed by atoms with Gasteiger partial charge in [0.05, 0.1) is 10.7 Å². The van der Waals surface area contributed by atoms with Crippen molar-refractivity contribution in [3.63, 3.8) is 0 Å². The van der Waals surface area contributed by atoms with Crippen molar-refractivity contribution in [2.24, 2.45) is 5.73 Å². The second kappa shape index (κ2) is 5.30. The van der Waals surface area contributed by atoms with Gasteiger partial charge in [0.1, 0.15) is 0 Å². The number of nitrogens with two attached hydrogens (primary N) is 1. The summed E-state index contributed by atoms with van der Waals surface area (Å²) in [5.74, 6) is 2.37. The molecule has 4 heteroatoms. The second-order valence-corrected chi connectivity index (χ2v) is 5.73. The van der Waals surface area contributed by atoms with Gasteiger partial charge in [0.25, 0.3) is 0 Å². The van der Waals surface area contributed by atoms with Crippen molar-refractivity contribution in [3.05, 3.63) is 28.8 Å². The van der Waals surface area contributed by atoms with E-state index in [-0.39, 0.29) is 6.04 Å². The molecule has 1 aromatic carbocycles. The maximum atomic E-state index is 6.30. The van der Waals surface area contributed by atoms with E-state index in [1.54, 1.807) is 0 Å². The molecule has 0 spiro atoms. The van der Waals surface area contributed by atoms with Gasteiger partial charge in [-0.1, -0.05) is 17.7 Å². The van der Waals surface area contributed by atoms with Gasteiger partial charge in [0, 0.05) is 30.6 Å². The SMILES string of the molecule is C[C@@H](N)c1ccc(N2CCSCC2)c(Cl)c1. The van der Waals surface area contributed by atoms with Crippen molar-refractivity contribution in [3.8, 4) is 0 Å². The van der Waals surface area contributed by atoms with E-state index < -0.39 is 0 Å². The van der Waals surface area contributed by atoms with Gasteiger partial charge in [-0.3, -0.25) is 0 Å². The van der Waals surface area contributed by atoms with Crippen LogP contribution in [0.3, 0.4) is 0 Å². The Morgan fingerprint density at radius 2 is 2.06 bits per heavy atom. The third kappa shape index (κ3) is 2.65. The summed E-state index contributed by atoms with van der Waals surface area (Å²) in [6.45, 7) is 4.15. The molecule has 2 N–H and O–H groups in total. The molecule has 1 aliphatic heterocycles. The van der Waals surface area contributed by atoms with Crippen molar-refractivity contribution < 1.29 is 0 Å². The normalized spacial score (nSPS) is 18.6. The molecule has 2 rings (SSSR count). The lowest BCUT2D eigenvalue weighted by Crippen LogP contribution is -2.32. The van der Waals surface area contributed by atoms with E-state index in [4.69, 9.17) is 17.3 Å². The summed E-state index contributed by atoms with van der Waals surface area (Å²) in [6, 6.07) is 6.21. The van der Waals surface area contributed by atoms with Gasteiger partial charge in [-0.15, -0.1) is 0 Å². The van der Waals surface area contributed by atoms with Gasteiger partial charge in [0.15, 0.2) is 0 Å². The summed E-state index contributed by atoms with van der Waals surface area (Å²) in [5.41, 5.74) is 8.08. The first-order chi connectivity index (χ1) is 7.68. The zero-order valence-electron chi connectivity index (χ0n) is 9.45. The third-order valence-electron chi connectivity index (χ3n) is 2.85. The molecule has 0 aromatic heterocycles. The first-order valence-corrected chi connectivity index (χ1v) is 7.09. The fourth-order valence-electron chi connectivity index (χ4n) is 1.87. The molecule has 16 heavy (non-hydrogen) atoms. The zero-order chi connectivity index (χ0) is 11.5. The van der Waals surface area contributed by atoms with Crippen molar-refractivity contribution in [2.75, 3.05) is 29.5 Å². The summed E-state index contributed by atoms with van der Waals surface area (Å²) in [7, 11) is 0.